The molecule has 6 rings (SSSR count). The quantitative estimate of drug-likeness (QED) is 0.555. The number of hydrogen-bond donors (Lipinski definition) is 2. The Labute approximate surface area is 202 Å². The molecule has 1 unspecified atom stereocenters. The number of fused-ring (bicyclic) bond motifs is 3. The molecule has 0 spiro atoms. The van der Waals surface area contributed by atoms with Gasteiger partial charge in [0.1, 0.15) is 23.2 Å². The number of anilines is 2. The van der Waals surface area contributed by atoms with E-state index in [1.165, 1.54) is 13.1 Å². The van der Waals surface area contributed by atoms with Gasteiger partial charge in [0, 0.05) is 25.5 Å². The molecule has 1 saturated carbocycles. The Kier molecular flexibility index (Phi) is 5.68. The Hall–Kier alpha value is -3.05. The van der Waals surface area contributed by atoms with Crippen molar-refractivity contribution in [2.75, 3.05) is 30.0 Å². The molecule has 11 heteroatoms. The molecule has 2 aliphatic heterocycles. The summed E-state index contributed by atoms with van der Waals surface area (Å²) in [6, 6.07) is 2.34. The van der Waals surface area contributed by atoms with E-state index in [0.29, 0.717) is 35.5 Å². The first-order valence-electron chi connectivity index (χ1n) is 12.4. The Balaban J connectivity index is 1.24. The number of aromatic nitrogens is 5. The zero-order valence-electron chi connectivity index (χ0n) is 19.7. The molecule has 0 radical (unpaired) electrons. The van der Waals surface area contributed by atoms with E-state index in [1.807, 2.05) is 6.07 Å². The third-order valence-electron chi connectivity index (χ3n) is 7.63. The SMILES string of the molecule is CC(F)c1nn(C2CCC(CO)CC2)cc1NC(=O)c1cnn2ccc(N3C[C@H]4C[C@@H]3CO4)nc12. The second kappa shape index (κ2) is 8.87. The van der Waals surface area contributed by atoms with Gasteiger partial charge in [-0.15, -0.1) is 0 Å². The van der Waals surface area contributed by atoms with E-state index in [2.05, 4.69) is 20.4 Å². The average Bonchev–Trinajstić information content (AvgIpc) is 3.66. The molecule has 3 atom stereocenters. The van der Waals surface area contributed by atoms with E-state index >= 15 is 0 Å². The van der Waals surface area contributed by atoms with E-state index in [9.17, 15) is 14.3 Å². The number of amides is 1. The minimum absolute atomic E-state index is 0.127. The van der Waals surface area contributed by atoms with Gasteiger partial charge in [-0.3, -0.25) is 9.48 Å². The van der Waals surface area contributed by atoms with Crippen molar-refractivity contribution >= 4 is 23.1 Å². The molecule has 3 aromatic rings. The number of halogens is 1. The van der Waals surface area contributed by atoms with E-state index in [-0.39, 0.29) is 24.4 Å². The number of hydrogen-bond acceptors (Lipinski definition) is 7. The highest BCUT2D eigenvalue weighted by Crippen LogP contribution is 2.35. The third kappa shape index (κ3) is 4.06. The van der Waals surface area contributed by atoms with E-state index in [1.54, 1.807) is 21.6 Å². The summed E-state index contributed by atoms with van der Waals surface area (Å²) in [6.07, 6.45) is 8.46. The van der Waals surface area contributed by atoms with Crippen LogP contribution in [0.2, 0.25) is 0 Å². The number of alkyl halides is 1. The Morgan fingerprint density at radius 3 is 2.83 bits per heavy atom. The van der Waals surface area contributed by atoms with Crippen molar-refractivity contribution in [3.63, 3.8) is 0 Å². The topological polar surface area (TPSA) is 110 Å². The van der Waals surface area contributed by atoms with Crippen LogP contribution in [-0.4, -0.2) is 67.3 Å². The van der Waals surface area contributed by atoms with Crippen LogP contribution in [0, 0.1) is 5.92 Å². The summed E-state index contributed by atoms with van der Waals surface area (Å²) in [5.74, 6) is 0.713. The summed E-state index contributed by atoms with van der Waals surface area (Å²) in [5.41, 5.74) is 1.34. The molecular weight excluding hydrogens is 453 g/mol. The predicted molar refractivity (Wildman–Crippen MR) is 126 cm³/mol. The predicted octanol–water partition coefficient (Wildman–Crippen LogP) is 2.91. The summed E-state index contributed by atoms with van der Waals surface area (Å²) >= 11 is 0. The van der Waals surface area contributed by atoms with Crippen LogP contribution in [0.15, 0.2) is 24.7 Å². The maximum atomic E-state index is 14.4. The van der Waals surface area contributed by atoms with Crippen molar-refractivity contribution in [2.45, 2.75) is 63.4 Å². The summed E-state index contributed by atoms with van der Waals surface area (Å²) in [6.45, 7) is 3.10. The molecule has 5 heterocycles. The standard InChI is InChI=1S/C24H30FN7O3/c1-14(25)22-20(11-32(29-22)16-4-2-15(12-33)3-5-16)27-24(34)19-9-26-31-7-6-21(28-23(19)31)30-10-18-8-17(30)13-35-18/h6-7,9,11,14-18,33H,2-5,8,10,12-13H2,1H3,(H,27,34)/t14?,15?,16?,17-,18-/m1/s1. The van der Waals surface area contributed by atoms with Gasteiger partial charge in [-0.1, -0.05) is 0 Å². The summed E-state index contributed by atoms with van der Waals surface area (Å²) in [4.78, 5) is 20.2. The van der Waals surface area contributed by atoms with Crippen LogP contribution >= 0.6 is 0 Å². The molecule has 186 valence electrons. The number of nitrogens with one attached hydrogen (secondary N) is 1. The molecule has 2 bridgehead atoms. The first-order valence-corrected chi connectivity index (χ1v) is 12.4. The molecule has 2 N–H and O–H groups in total. The molecular formula is C24H30FN7O3. The van der Waals surface area contributed by atoms with Gasteiger partial charge in [0.2, 0.25) is 0 Å². The summed E-state index contributed by atoms with van der Waals surface area (Å²) < 4.78 is 23.5. The van der Waals surface area contributed by atoms with Gasteiger partial charge >= 0.3 is 0 Å². The first-order chi connectivity index (χ1) is 17.0. The number of nitrogens with zero attached hydrogens (tertiary/aromatic N) is 6. The highest BCUT2D eigenvalue weighted by atomic mass is 19.1. The van der Waals surface area contributed by atoms with E-state index in [0.717, 1.165) is 44.5 Å². The molecule has 1 aliphatic carbocycles. The van der Waals surface area contributed by atoms with Crippen LogP contribution in [0.5, 0.6) is 0 Å². The molecule has 3 aliphatic rings. The Morgan fingerprint density at radius 1 is 1.31 bits per heavy atom. The Morgan fingerprint density at radius 2 is 2.14 bits per heavy atom. The highest BCUT2D eigenvalue weighted by Gasteiger charge is 2.39. The minimum atomic E-state index is -1.33. The number of carbonyl (C=O) groups is 1. The lowest BCUT2D eigenvalue weighted by Gasteiger charge is -2.27. The highest BCUT2D eigenvalue weighted by molar-refractivity contribution is 6.08. The van der Waals surface area contributed by atoms with E-state index < -0.39 is 12.1 Å². The van der Waals surface area contributed by atoms with Crippen LogP contribution in [0.1, 0.15) is 67.3 Å². The number of rotatable bonds is 6. The number of morpholine rings is 1. The molecule has 2 saturated heterocycles. The van der Waals surface area contributed by atoms with Crippen molar-refractivity contribution in [2.24, 2.45) is 5.92 Å². The second-order valence-electron chi connectivity index (χ2n) is 9.94. The van der Waals surface area contributed by atoms with Gasteiger partial charge < -0.3 is 20.1 Å². The van der Waals surface area contributed by atoms with Gasteiger partial charge in [-0.25, -0.2) is 13.9 Å². The van der Waals surface area contributed by atoms with Crippen molar-refractivity contribution in [1.29, 1.82) is 0 Å². The largest absolute Gasteiger partial charge is 0.396 e. The number of aliphatic hydroxyl groups excluding tert-OH is 1. The fraction of sp³-hybridized carbons (Fsp3) is 0.583. The zero-order chi connectivity index (χ0) is 24.1. The lowest BCUT2D eigenvalue weighted by molar-refractivity contribution is 0.0988. The molecule has 10 nitrogen and oxygen atoms in total. The molecule has 1 amide bonds. The summed E-state index contributed by atoms with van der Waals surface area (Å²) in [7, 11) is 0. The number of aliphatic hydroxyl groups is 1. The van der Waals surface area contributed by atoms with Crippen LogP contribution in [-0.2, 0) is 4.74 Å². The van der Waals surface area contributed by atoms with Crippen LogP contribution in [0.4, 0.5) is 15.9 Å². The zero-order valence-corrected chi connectivity index (χ0v) is 19.7. The van der Waals surface area contributed by atoms with Crippen LogP contribution in [0.3, 0.4) is 0 Å². The van der Waals surface area contributed by atoms with Gasteiger partial charge in [0.25, 0.3) is 5.91 Å². The minimum Gasteiger partial charge on any atom is -0.396 e. The van der Waals surface area contributed by atoms with Gasteiger partial charge in [-0.05, 0) is 51.0 Å². The average molecular weight is 484 g/mol. The Bertz CT molecular complexity index is 1230. The van der Waals surface area contributed by atoms with Crippen LogP contribution in [0.25, 0.3) is 5.65 Å². The van der Waals surface area contributed by atoms with Crippen molar-refractivity contribution in [3.05, 3.63) is 35.9 Å². The lowest BCUT2D eigenvalue weighted by Crippen LogP contribution is -2.37. The third-order valence-corrected chi connectivity index (χ3v) is 7.63. The maximum absolute atomic E-state index is 14.4. The monoisotopic (exact) mass is 483 g/mol. The fourth-order valence-electron chi connectivity index (χ4n) is 5.62. The molecule has 0 aromatic carbocycles. The second-order valence-corrected chi connectivity index (χ2v) is 9.94. The maximum Gasteiger partial charge on any atom is 0.261 e. The van der Waals surface area contributed by atoms with Crippen molar-refractivity contribution < 1.29 is 19.0 Å². The van der Waals surface area contributed by atoms with Gasteiger partial charge in [-0.2, -0.15) is 10.2 Å². The first kappa shape index (κ1) is 22.4. The van der Waals surface area contributed by atoms with Crippen molar-refractivity contribution in [1.82, 2.24) is 24.4 Å². The molecule has 35 heavy (non-hydrogen) atoms. The molecule has 3 aromatic heterocycles. The smallest absolute Gasteiger partial charge is 0.261 e. The molecule has 3 fully saturated rings. The van der Waals surface area contributed by atoms with E-state index in [4.69, 9.17) is 9.72 Å². The normalized spacial score (nSPS) is 27.0. The van der Waals surface area contributed by atoms with Crippen molar-refractivity contribution in [3.8, 4) is 0 Å². The summed E-state index contributed by atoms with van der Waals surface area (Å²) in [5, 5.41) is 21.0. The van der Waals surface area contributed by atoms with Crippen LogP contribution < -0.4 is 10.2 Å². The number of carbonyl (C=O) groups excluding carboxylic acids is 1. The number of ether oxygens (including phenoxy) is 1. The van der Waals surface area contributed by atoms with Gasteiger partial charge in [0.15, 0.2) is 5.65 Å². The lowest BCUT2D eigenvalue weighted by atomic mass is 9.87. The van der Waals surface area contributed by atoms with Gasteiger partial charge in [0.05, 0.1) is 36.7 Å². The fourth-order valence-corrected chi connectivity index (χ4v) is 5.62.